The van der Waals surface area contributed by atoms with Crippen LogP contribution in [0.25, 0.3) is 22.2 Å². The van der Waals surface area contributed by atoms with Gasteiger partial charge in [-0.2, -0.15) is 0 Å². The molecule has 194 valence electrons. The average molecular weight is 507 g/mol. The quantitative estimate of drug-likeness (QED) is 0.367. The van der Waals surface area contributed by atoms with E-state index >= 15 is 0 Å². The Hall–Kier alpha value is -3.86. The predicted molar refractivity (Wildman–Crippen MR) is 152 cm³/mol. The van der Waals surface area contributed by atoms with Gasteiger partial charge in [0.05, 0.1) is 5.39 Å². The van der Waals surface area contributed by atoms with Crippen LogP contribution in [0.3, 0.4) is 0 Å². The van der Waals surface area contributed by atoms with Crippen LogP contribution in [0.2, 0.25) is 0 Å². The molecule has 0 atom stereocenters. The van der Waals surface area contributed by atoms with E-state index in [-0.39, 0.29) is 6.04 Å². The first-order chi connectivity index (χ1) is 18.6. The molecule has 2 aromatic heterocycles. The minimum absolute atomic E-state index is 0.165. The van der Waals surface area contributed by atoms with Gasteiger partial charge in [-0.15, -0.1) is 0 Å². The van der Waals surface area contributed by atoms with Gasteiger partial charge in [0.1, 0.15) is 35.0 Å². The highest BCUT2D eigenvalue weighted by Crippen LogP contribution is 2.39. The van der Waals surface area contributed by atoms with E-state index in [1.807, 2.05) is 42.5 Å². The summed E-state index contributed by atoms with van der Waals surface area (Å²) < 4.78 is 8.24. The molecule has 2 saturated heterocycles. The molecule has 0 amide bonds. The number of likely N-dealkylation sites (tertiary alicyclic amines) is 1. The second-order valence-corrected chi connectivity index (χ2v) is 10.5. The largest absolute Gasteiger partial charge is 0.457 e. The fraction of sp³-hybridized carbons (Fsp3) is 0.355. The van der Waals surface area contributed by atoms with Gasteiger partial charge in [-0.1, -0.05) is 36.3 Å². The van der Waals surface area contributed by atoms with E-state index in [1.165, 1.54) is 0 Å². The van der Waals surface area contributed by atoms with Gasteiger partial charge >= 0.3 is 0 Å². The molecule has 4 aromatic rings. The summed E-state index contributed by atoms with van der Waals surface area (Å²) in [7, 11) is 0. The molecule has 3 N–H and O–H groups in total. The highest BCUT2D eigenvalue weighted by Gasteiger charge is 2.28. The molecule has 0 bridgehead atoms. The van der Waals surface area contributed by atoms with Crippen LogP contribution in [0.1, 0.15) is 38.4 Å². The number of para-hydroxylation sites is 1. The Balaban J connectivity index is 1.37. The van der Waals surface area contributed by atoms with Crippen LogP contribution in [-0.2, 0) is 0 Å². The number of hydrogen-bond donors (Lipinski definition) is 2. The van der Waals surface area contributed by atoms with Crippen LogP contribution in [0.15, 0.2) is 60.9 Å². The molecule has 0 aliphatic carbocycles. The van der Waals surface area contributed by atoms with Crippen molar-refractivity contribution in [1.29, 1.82) is 0 Å². The highest BCUT2D eigenvalue weighted by atomic mass is 16.5. The first-order valence-corrected chi connectivity index (χ1v) is 13.5. The van der Waals surface area contributed by atoms with Crippen molar-refractivity contribution in [3.8, 4) is 34.5 Å². The summed E-state index contributed by atoms with van der Waals surface area (Å²) in [5, 5.41) is 4.24. The van der Waals surface area contributed by atoms with Crippen molar-refractivity contribution in [2.24, 2.45) is 5.92 Å². The summed E-state index contributed by atoms with van der Waals surface area (Å²) in [5.41, 5.74) is 10.2. The lowest BCUT2D eigenvalue weighted by Crippen LogP contribution is -2.58. The van der Waals surface area contributed by atoms with E-state index in [0.29, 0.717) is 17.8 Å². The third kappa shape index (κ3) is 4.73. The van der Waals surface area contributed by atoms with E-state index in [2.05, 4.69) is 62.6 Å². The number of hydrogen-bond acceptors (Lipinski definition) is 6. The molecule has 0 radical (unpaired) electrons. The standard InChI is InChI=1S/C31H34N6O/c1-21(2)37-27(13-8-22-14-16-36(17-15-22)24-18-33-19-24)28(29-30(32)34-20-35-31(29)37)23-9-11-26(12-10-23)38-25-6-4-3-5-7-25/h3-7,9-12,20-22,24,33H,14-19H2,1-2H3,(H2,32,34,35). The Morgan fingerprint density at radius 2 is 1.68 bits per heavy atom. The fourth-order valence-corrected chi connectivity index (χ4v) is 5.49. The van der Waals surface area contributed by atoms with Crippen LogP contribution in [0.5, 0.6) is 11.5 Å². The number of anilines is 1. The van der Waals surface area contributed by atoms with Gasteiger partial charge in [0.2, 0.25) is 0 Å². The number of ether oxygens (including phenoxy) is 1. The molecular weight excluding hydrogens is 472 g/mol. The van der Waals surface area contributed by atoms with E-state index in [1.54, 1.807) is 6.33 Å². The number of aromatic nitrogens is 3. The zero-order valence-electron chi connectivity index (χ0n) is 22.0. The van der Waals surface area contributed by atoms with Crippen molar-refractivity contribution in [3.63, 3.8) is 0 Å². The molecule has 7 nitrogen and oxygen atoms in total. The van der Waals surface area contributed by atoms with Gasteiger partial charge in [-0.05, 0) is 75.5 Å². The predicted octanol–water partition coefficient (Wildman–Crippen LogP) is 5.09. The van der Waals surface area contributed by atoms with E-state index in [0.717, 1.165) is 78.4 Å². The molecule has 38 heavy (non-hydrogen) atoms. The Kier molecular flexibility index (Phi) is 6.75. The molecule has 0 spiro atoms. The fourth-order valence-electron chi connectivity index (χ4n) is 5.49. The normalized spacial score (nSPS) is 16.8. The zero-order valence-corrected chi connectivity index (χ0v) is 22.0. The number of rotatable bonds is 5. The number of benzene rings is 2. The van der Waals surface area contributed by atoms with Crippen LogP contribution >= 0.6 is 0 Å². The Morgan fingerprint density at radius 3 is 2.34 bits per heavy atom. The van der Waals surface area contributed by atoms with Crippen molar-refractivity contribution in [2.75, 3.05) is 31.9 Å². The maximum absolute atomic E-state index is 6.46. The number of nitrogen functional groups attached to an aromatic ring is 1. The van der Waals surface area contributed by atoms with Crippen molar-refractivity contribution in [3.05, 3.63) is 66.6 Å². The smallest absolute Gasteiger partial charge is 0.147 e. The van der Waals surface area contributed by atoms with Crippen molar-refractivity contribution in [1.82, 2.24) is 24.8 Å². The zero-order chi connectivity index (χ0) is 26.1. The summed E-state index contributed by atoms with van der Waals surface area (Å²) in [6.45, 7) is 8.79. The lowest BCUT2D eigenvalue weighted by Gasteiger charge is -2.41. The Labute approximate surface area is 224 Å². The first kappa shape index (κ1) is 24.5. The van der Waals surface area contributed by atoms with Crippen molar-refractivity contribution >= 4 is 16.9 Å². The van der Waals surface area contributed by atoms with Crippen molar-refractivity contribution in [2.45, 2.75) is 38.8 Å². The van der Waals surface area contributed by atoms with Crippen LogP contribution in [-0.4, -0.2) is 51.7 Å². The topological polar surface area (TPSA) is 81.2 Å². The molecule has 2 aliphatic rings. The number of nitrogens with two attached hydrogens (primary N) is 1. The van der Waals surface area contributed by atoms with Gasteiger partial charge < -0.3 is 20.4 Å². The van der Waals surface area contributed by atoms with Crippen LogP contribution < -0.4 is 15.8 Å². The SMILES string of the molecule is CC(C)n1c(C#CC2CCN(C3CNC3)CC2)c(-c2ccc(Oc3ccccc3)cc2)c2c(N)ncnc21. The van der Waals surface area contributed by atoms with Gasteiger partial charge in [-0.25, -0.2) is 9.97 Å². The first-order valence-electron chi connectivity index (χ1n) is 13.5. The maximum Gasteiger partial charge on any atom is 0.147 e. The molecule has 7 heteroatoms. The summed E-state index contributed by atoms with van der Waals surface area (Å²) in [4.78, 5) is 11.6. The minimum atomic E-state index is 0.165. The molecule has 4 heterocycles. The molecule has 2 aromatic carbocycles. The van der Waals surface area contributed by atoms with Crippen LogP contribution in [0, 0.1) is 17.8 Å². The average Bonchev–Trinajstić information content (AvgIpc) is 3.24. The number of piperidine rings is 1. The second-order valence-electron chi connectivity index (χ2n) is 10.5. The Morgan fingerprint density at radius 1 is 0.974 bits per heavy atom. The summed E-state index contributed by atoms with van der Waals surface area (Å²) in [6, 6.07) is 18.8. The highest BCUT2D eigenvalue weighted by molar-refractivity contribution is 6.03. The minimum Gasteiger partial charge on any atom is -0.457 e. The monoisotopic (exact) mass is 506 g/mol. The van der Waals surface area contributed by atoms with E-state index in [9.17, 15) is 0 Å². The second kappa shape index (κ2) is 10.5. The van der Waals surface area contributed by atoms with Gasteiger partial charge in [0, 0.05) is 36.7 Å². The molecular formula is C31H34N6O. The molecule has 2 aliphatic heterocycles. The van der Waals surface area contributed by atoms with Gasteiger partial charge in [0.15, 0.2) is 0 Å². The number of nitrogens with zero attached hydrogens (tertiary/aromatic N) is 4. The Bertz CT molecular complexity index is 1470. The molecule has 2 fully saturated rings. The number of fused-ring (bicyclic) bond motifs is 1. The summed E-state index contributed by atoms with van der Waals surface area (Å²) in [6.07, 6.45) is 3.75. The van der Waals surface area contributed by atoms with Gasteiger partial charge in [0.25, 0.3) is 0 Å². The van der Waals surface area contributed by atoms with E-state index in [4.69, 9.17) is 10.5 Å². The van der Waals surface area contributed by atoms with Gasteiger partial charge in [-0.3, -0.25) is 4.90 Å². The lowest BCUT2D eigenvalue weighted by atomic mass is 9.94. The van der Waals surface area contributed by atoms with Crippen molar-refractivity contribution < 1.29 is 4.74 Å². The molecule has 0 saturated carbocycles. The third-order valence-corrected chi connectivity index (χ3v) is 7.65. The lowest BCUT2D eigenvalue weighted by molar-refractivity contribution is 0.110. The number of nitrogens with one attached hydrogen (secondary N) is 1. The van der Waals surface area contributed by atoms with E-state index < -0.39 is 0 Å². The molecule has 6 rings (SSSR count). The van der Waals surface area contributed by atoms with Crippen LogP contribution in [0.4, 0.5) is 5.82 Å². The molecule has 0 unspecified atom stereocenters. The summed E-state index contributed by atoms with van der Waals surface area (Å²) >= 11 is 0. The summed E-state index contributed by atoms with van der Waals surface area (Å²) in [5.74, 6) is 9.68. The maximum atomic E-state index is 6.46. The third-order valence-electron chi connectivity index (χ3n) is 7.65.